The first-order valence-electron chi connectivity index (χ1n) is 7.22. The lowest BCUT2D eigenvalue weighted by molar-refractivity contribution is 0.0921. The standard InChI is InChI=1S/C16H27N3O2/c1-11(2)8-13(10-19(3)4)18-16(20)14-9-12(17)6-7-15(14)21-5/h6-7,9,11,13H,8,10,17H2,1-5H3,(H,18,20). The summed E-state index contributed by atoms with van der Waals surface area (Å²) in [5, 5.41) is 3.08. The summed E-state index contributed by atoms with van der Waals surface area (Å²) in [6, 6.07) is 5.18. The monoisotopic (exact) mass is 293 g/mol. The molecule has 5 heteroatoms. The van der Waals surface area contributed by atoms with E-state index < -0.39 is 0 Å². The van der Waals surface area contributed by atoms with Crippen molar-refractivity contribution in [2.45, 2.75) is 26.3 Å². The van der Waals surface area contributed by atoms with Crippen molar-refractivity contribution in [1.82, 2.24) is 10.2 Å². The van der Waals surface area contributed by atoms with E-state index in [2.05, 4.69) is 24.1 Å². The summed E-state index contributed by atoms with van der Waals surface area (Å²) < 4.78 is 5.24. The summed E-state index contributed by atoms with van der Waals surface area (Å²) >= 11 is 0. The van der Waals surface area contributed by atoms with E-state index in [1.807, 2.05) is 14.1 Å². The zero-order valence-electron chi connectivity index (χ0n) is 13.6. The molecule has 0 fully saturated rings. The van der Waals surface area contributed by atoms with Crippen molar-refractivity contribution < 1.29 is 9.53 Å². The Hall–Kier alpha value is -1.75. The maximum absolute atomic E-state index is 12.5. The van der Waals surface area contributed by atoms with Crippen LogP contribution < -0.4 is 15.8 Å². The number of amides is 1. The van der Waals surface area contributed by atoms with Crippen LogP contribution in [0.2, 0.25) is 0 Å². The van der Waals surface area contributed by atoms with Crippen LogP contribution in [0.4, 0.5) is 5.69 Å². The van der Waals surface area contributed by atoms with Crippen LogP contribution in [-0.2, 0) is 0 Å². The molecule has 0 bridgehead atoms. The van der Waals surface area contributed by atoms with Gasteiger partial charge in [0, 0.05) is 18.3 Å². The van der Waals surface area contributed by atoms with Crippen LogP contribution >= 0.6 is 0 Å². The third kappa shape index (κ3) is 5.63. The maximum atomic E-state index is 12.5. The normalized spacial score (nSPS) is 12.5. The van der Waals surface area contributed by atoms with Gasteiger partial charge >= 0.3 is 0 Å². The molecule has 0 radical (unpaired) electrons. The van der Waals surface area contributed by atoms with Crippen LogP contribution in [0.15, 0.2) is 18.2 Å². The summed E-state index contributed by atoms with van der Waals surface area (Å²) in [5.74, 6) is 0.902. The number of benzene rings is 1. The van der Waals surface area contributed by atoms with Crippen molar-refractivity contribution in [3.63, 3.8) is 0 Å². The van der Waals surface area contributed by atoms with Crippen molar-refractivity contribution in [2.24, 2.45) is 5.92 Å². The summed E-state index contributed by atoms with van der Waals surface area (Å²) in [6.45, 7) is 5.10. The number of nitrogen functional groups attached to an aromatic ring is 1. The predicted octanol–water partition coefficient (Wildman–Crippen LogP) is 1.98. The van der Waals surface area contributed by atoms with Gasteiger partial charge in [0.2, 0.25) is 0 Å². The average molecular weight is 293 g/mol. The number of nitrogens with two attached hydrogens (primary N) is 1. The first kappa shape index (κ1) is 17.3. The van der Waals surface area contributed by atoms with Crippen molar-refractivity contribution >= 4 is 11.6 Å². The Morgan fingerprint density at radius 3 is 2.57 bits per heavy atom. The number of hydrogen-bond acceptors (Lipinski definition) is 4. The molecule has 0 aliphatic rings. The van der Waals surface area contributed by atoms with E-state index >= 15 is 0 Å². The van der Waals surface area contributed by atoms with Crippen molar-refractivity contribution in [2.75, 3.05) is 33.5 Å². The second-order valence-corrected chi connectivity index (χ2v) is 6.02. The number of anilines is 1. The lowest BCUT2D eigenvalue weighted by Gasteiger charge is -2.24. The van der Waals surface area contributed by atoms with Gasteiger partial charge in [0.1, 0.15) is 5.75 Å². The predicted molar refractivity (Wildman–Crippen MR) is 86.7 cm³/mol. The second kappa shape index (κ2) is 7.88. The fourth-order valence-corrected chi connectivity index (χ4v) is 2.36. The third-order valence-corrected chi connectivity index (χ3v) is 3.14. The highest BCUT2D eigenvalue weighted by Gasteiger charge is 2.19. The van der Waals surface area contributed by atoms with Crippen LogP contribution in [0, 0.1) is 5.92 Å². The Labute approximate surface area is 127 Å². The SMILES string of the molecule is COc1ccc(N)cc1C(=O)NC(CC(C)C)CN(C)C. The zero-order chi connectivity index (χ0) is 16.0. The molecule has 0 saturated heterocycles. The van der Waals surface area contributed by atoms with Gasteiger partial charge < -0.3 is 20.7 Å². The Bertz CT molecular complexity index is 463. The molecular weight excluding hydrogens is 266 g/mol. The highest BCUT2D eigenvalue weighted by Crippen LogP contribution is 2.21. The highest BCUT2D eigenvalue weighted by atomic mass is 16.5. The van der Waals surface area contributed by atoms with Gasteiger partial charge in [0.05, 0.1) is 12.7 Å². The molecule has 5 nitrogen and oxygen atoms in total. The van der Waals surface area contributed by atoms with Gasteiger partial charge in [-0.15, -0.1) is 0 Å². The van der Waals surface area contributed by atoms with Crippen LogP contribution in [0.5, 0.6) is 5.75 Å². The molecule has 0 aromatic heterocycles. The Balaban J connectivity index is 2.88. The number of carbonyl (C=O) groups is 1. The van der Waals surface area contributed by atoms with Gasteiger partial charge in [-0.3, -0.25) is 4.79 Å². The number of likely N-dealkylation sites (N-methyl/N-ethyl adjacent to an activating group) is 1. The number of methoxy groups -OCH3 is 1. The van der Waals surface area contributed by atoms with Gasteiger partial charge in [0.25, 0.3) is 5.91 Å². The molecule has 0 spiro atoms. The van der Waals surface area contributed by atoms with Crippen LogP contribution in [0.25, 0.3) is 0 Å². The van der Waals surface area contributed by atoms with E-state index in [0.717, 1.165) is 13.0 Å². The molecule has 1 amide bonds. The van der Waals surface area contributed by atoms with Gasteiger partial charge in [-0.05, 0) is 44.6 Å². The van der Waals surface area contributed by atoms with E-state index in [-0.39, 0.29) is 11.9 Å². The quantitative estimate of drug-likeness (QED) is 0.754. The minimum absolute atomic E-state index is 0.0960. The minimum atomic E-state index is -0.147. The van der Waals surface area contributed by atoms with E-state index in [9.17, 15) is 4.79 Å². The highest BCUT2D eigenvalue weighted by molar-refractivity contribution is 5.98. The molecule has 0 aliphatic carbocycles. The number of ether oxygens (including phenoxy) is 1. The van der Waals surface area contributed by atoms with Crippen LogP contribution in [0.1, 0.15) is 30.6 Å². The topological polar surface area (TPSA) is 67.6 Å². The van der Waals surface area contributed by atoms with Gasteiger partial charge in [-0.2, -0.15) is 0 Å². The summed E-state index contributed by atoms with van der Waals surface area (Å²) in [5.41, 5.74) is 6.80. The first-order valence-corrected chi connectivity index (χ1v) is 7.22. The average Bonchev–Trinajstić information content (AvgIpc) is 2.36. The van der Waals surface area contributed by atoms with E-state index in [4.69, 9.17) is 10.5 Å². The van der Waals surface area contributed by atoms with Crippen molar-refractivity contribution in [1.29, 1.82) is 0 Å². The summed E-state index contributed by atoms with van der Waals surface area (Å²) in [4.78, 5) is 14.6. The van der Waals surface area contributed by atoms with Crippen LogP contribution in [-0.4, -0.2) is 44.6 Å². The fourth-order valence-electron chi connectivity index (χ4n) is 2.36. The van der Waals surface area contributed by atoms with E-state index in [0.29, 0.717) is 22.9 Å². The lowest BCUT2D eigenvalue weighted by Crippen LogP contribution is -2.42. The summed E-state index contributed by atoms with van der Waals surface area (Å²) in [6.07, 6.45) is 0.925. The molecule has 0 saturated carbocycles. The molecule has 0 aliphatic heterocycles. The second-order valence-electron chi connectivity index (χ2n) is 6.02. The minimum Gasteiger partial charge on any atom is -0.496 e. The van der Waals surface area contributed by atoms with E-state index in [1.54, 1.807) is 25.3 Å². The first-order chi connectivity index (χ1) is 9.83. The molecule has 1 aromatic rings. The smallest absolute Gasteiger partial charge is 0.255 e. The van der Waals surface area contributed by atoms with Crippen molar-refractivity contribution in [3.05, 3.63) is 23.8 Å². The molecular formula is C16H27N3O2. The molecule has 21 heavy (non-hydrogen) atoms. The molecule has 1 unspecified atom stereocenters. The van der Waals surface area contributed by atoms with Gasteiger partial charge in [0.15, 0.2) is 0 Å². The Morgan fingerprint density at radius 1 is 1.38 bits per heavy atom. The van der Waals surface area contributed by atoms with Crippen LogP contribution in [0.3, 0.4) is 0 Å². The van der Waals surface area contributed by atoms with E-state index in [1.165, 1.54) is 0 Å². The molecule has 1 rings (SSSR count). The van der Waals surface area contributed by atoms with Gasteiger partial charge in [-0.1, -0.05) is 13.8 Å². The number of hydrogen-bond donors (Lipinski definition) is 2. The zero-order valence-corrected chi connectivity index (χ0v) is 13.6. The third-order valence-electron chi connectivity index (χ3n) is 3.14. The maximum Gasteiger partial charge on any atom is 0.255 e. The number of nitrogens with zero attached hydrogens (tertiary/aromatic N) is 1. The van der Waals surface area contributed by atoms with Gasteiger partial charge in [-0.25, -0.2) is 0 Å². The molecule has 1 atom stereocenters. The Morgan fingerprint density at radius 2 is 2.05 bits per heavy atom. The molecule has 3 N–H and O–H groups in total. The lowest BCUT2D eigenvalue weighted by atomic mass is 10.0. The summed E-state index contributed by atoms with van der Waals surface area (Å²) in [7, 11) is 5.55. The van der Waals surface area contributed by atoms with Crippen molar-refractivity contribution in [3.8, 4) is 5.75 Å². The fraction of sp³-hybridized carbons (Fsp3) is 0.562. The number of carbonyl (C=O) groups excluding carboxylic acids is 1. The molecule has 118 valence electrons. The largest absolute Gasteiger partial charge is 0.496 e. The number of rotatable bonds is 7. The number of nitrogens with one attached hydrogen (secondary N) is 1. The Kier molecular flexibility index (Phi) is 6.49. The molecule has 1 aromatic carbocycles. The molecule has 0 heterocycles.